The second-order valence-corrected chi connectivity index (χ2v) is 9.26. The number of benzene rings is 1. The molecule has 1 fully saturated rings. The van der Waals surface area contributed by atoms with E-state index in [0.717, 1.165) is 12.1 Å². The number of carbonyl (C=O) groups excluding carboxylic acids is 2. The van der Waals surface area contributed by atoms with Crippen molar-refractivity contribution in [3.8, 4) is 0 Å². The quantitative estimate of drug-likeness (QED) is 0.469. The van der Waals surface area contributed by atoms with Gasteiger partial charge in [-0.25, -0.2) is 17.6 Å². The second kappa shape index (κ2) is 8.31. The molecule has 0 saturated heterocycles. The molecule has 0 amide bonds. The molecule has 7 nitrogen and oxygen atoms in total. The monoisotopic (exact) mass is 436 g/mol. The number of ether oxygens (including phenoxy) is 1. The molecule has 3 rings (SSSR count). The lowest BCUT2D eigenvalue weighted by atomic mass is 10.1. The molecule has 30 heavy (non-hydrogen) atoms. The predicted octanol–water partition coefficient (Wildman–Crippen LogP) is 2.99. The fourth-order valence-corrected chi connectivity index (χ4v) is 5.25. The molecule has 0 unspecified atom stereocenters. The van der Waals surface area contributed by atoms with E-state index in [0.29, 0.717) is 29.7 Å². The number of aromatic nitrogens is 1. The summed E-state index contributed by atoms with van der Waals surface area (Å²) in [6.45, 7) is 4.92. The maximum absolute atomic E-state index is 13.2. The Kier molecular flexibility index (Phi) is 6.14. The van der Waals surface area contributed by atoms with Crippen LogP contribution in [-0.2, 0) is 21.8 Å². The molecule has 0 aliphatic heterocycles. The van der Waals surface area contributed by atoms with Gasteiger partial charge < -0.3 is 9.30 Å². The summed E-state index contributed by atoms with van der Waals surface area (Å²) in [4.78, 5) is 25.4. The molecule has 2 aromatic rings. The van der Waals surface area contributed by atoms with E-state index in [1.165, 1.54) is 16.4 Å². The standard InChI is InChI=1S/C21H25FN2O5S/c1-5-29-21(26)20-13(2)19(14(3)23(20)4)18(25)12-24(16-8-9-16)30(27,28)17-10-6-15(22)7-11-17/h6-7,10-11,16H,5,8-9,12H2,1-4H3. The first-order valence-electron chi connectivity index (χ1n) is 9.73. The van der Waals surface area contributed by atoms with Crippen LogP contribution in [0.5, 0.6) is 0 Å². The highest BCUT2D eigenvalue weighted by atomic mass is 32.2. The van der Waals surface area contributed by atoms with Gasteiger partial charge in [0.2, 0.25) is 10.0 Å². The van der Waals surface area contributed by atoms with Crippen LogP contribution >= 0.6 is 0 Å². The summed E-state index contributed by atoms with van der Waals surface area (Å²) in [6.07, 6.45) is 1.32. The molecule has 0 atom stereocenters. The molecule has 0 radical (unpaired) electrons. The number of sulfonamides is 1. The van der Waals surface area contributed by atoms with Crippen molar-refractivity contribution >= 4 is 21.8 Å². The number of nitrogens with zero attached hydrogens (tertiary/aromatic N) is 2. The van der Waals surface area contributed by atoms with Crippen LogP contribution in [0.1, 0.15) is 51.9 Å². The van der Waals surface area contributed by atoms with Crippen molar-refractivity contribution in [1.29, 1.82) is 0 Å². The lowest BCUT2D eigenvalue weighted by Crippen LogP contribution is -2.37. The van der Waals surface area contributed by atoms with Crippen molar-refractivity contribution < 1.29 is 27.1 Å². The maximum atomic E-state index is 13.2. The minimum Gasteiger partial charge on any atom is -0.461 e. The zero-order valence-electron chi connectivity index (χ0n) is 17.4. The largest absolute Gasteiger partial charge is 0.461 e. The van der Waals surface area contributed by atoms with E-state index in [2.05, 4.69) is 0 Å². The van der Waals surface area contributed by atoms with E-state index in [9.17, 15) is 22.4 Å². The zero-order valence-corrected chi connectivity index (χ0v) is 18.3. The van der Waals surface area contributed by atoms with Crippen molar-refractivity contribution in [3.63, 3.8) is 0 Å². The summed E-state index contributed by atoms with van der Waals surface area (Å²) < 4.78 is 47.3. The highest BCUT2D eigenvalue weighted by Crippen LogP contribution is 2.33. The first-order chi connectivity index (χ1) is 14.1. The Morgan fingerprint density at radius 1 is 1.20 bits per heavy atom. The Hall–Kier alpha value is -2.52. The summed E-state index contributed by atoms with van der Waals surface area (Å²) in [7, 11) is -2.30. The van der Waals surface area contributed by atoms with Gasteiger partial charge in [-0.1, -0.05) is 0 Å². The van der Waals surface area contributed by atoms with E-state index >= 15 is 0 Å². The lowest BCUT2D eigenvalue weighted by molar-refractivity contribution is 0.0514. The second-order valence-electron chi connectivity index (χ2n) is 7.37. The predicted molar refractivity (Wildman–Crippen MR) is 108 cm³/mol. The molecule has 1 aliphatic rings. The molecule has 0 bridgehead atoms. The average molecular weight is 437 g/mol. The molecule has 1 aromatic heterocycles. The van der Waals surface area contributed by atoms with Gasteiger partial charge in [-0.05, 0) is 63.4 Å². The van der Waals surface area contributed by atoms with Crippen LogP contribution in [0, 0.1) is 19.7 Å². The number of esters is 1. The van der Waals surface area contributed by atoms with Crippen LogP contribution in [0.4, 0.5) is 4.39 Å². The van der Waals surface area contributed by atoms with Crippen LogP contribution in [0.2, 0.25) is 0 Å². The Labute approximate surface area is 175 Å². The Bertz CT molecular complexity index is 1090. The summed E-state index contributed by atoms with van der Waals surface area (Å²) >= 11 is 0. The highest BCUT2D eigenvalue weighted by Gasteiger charge is 2.40. The number of carbonyl (C=O) groups is 2. The van der Waals surface area contributed by atoms with Gasteiger partial charge in [0, 0.05) is 24.3 Å². The van der Waals surface area contributed by atoms with Crippen molar-refractivity contribution in [2.24, 2.45) is 7.05 Å². The number of halogens is 1. The van der Waals surface area contributed by atoms with Crippen LogP contribution in [-0.4, -0.2) is 48.2 Å². The van der Waals surface area contributed by atoms with Crippen molar-refractivity contribution in [3.05, 3.63) is 52.6 Å². The smallest absolute Gasteiger partial charge is 0.355 e. The SMILES string of the molecule is CCOC(=O)c1c(C)c(C(=O)CN(C2CC2)S(=O)(=O)c2ccc(F)cc2)c(C)n1C. The van der Waals surface area contributed by atoms with Gasteiger partial charge >= 0.3 is 5.97 Å². The fourth-order valence-electron chi connectivity index (χ4n) is 3.61. The van der Waals surface area contributed by atoms with Crippen molar-refractivity contribution in [2.75, 3.05) is 13.2 Å². The van der Waals surface area contributed by atoms with Gasteiger partial charge in [-0.2, -0.15) is 4.31 Å². The van der Waals surface area contributed by atoms with Crippen LogP contribution in [0.15, 0.2) is 29.2 Å². The number of hydrogen-bond donors (Lipinski definition) is 0. The number of rotatable bonds is 8. The third-order valence-corrected chi connectivity index (χ3v) is 7.26. The first-order valence-corrected chi connectivity index (χ1v) is 11.2. The fraction of sp³-hybridized carbons (Fsp3) is 0.429. The van der Waals surface area contributed by atoms with Gasteiger partial charge in [-0.15, -0.1) is 0 Å². The molecule has 1 aliphatic carbocycles. The molecular formula is C21H25FN2O5S. The van der Waals surface area contributed by atoms with Crippen LogP contribution in [0.3, 0.4) is 0 Å². The minimum absolute atomic E-state index is 0.0580. The summed E-state index contributed by atoms with van der Waals surface area (Å²) in [5.74, 6) is -1.46. The summed E-state index contributed by atoms with van der Waals surface area (Å²) in [6, 6.07) is 4.29. The number of hydrogen-bond acceptors (Lipinski definition) is 5. The average Bonchev–Trinajstić information content (AvgIpc) is 3.48. The molecule has 1 heterocycles. The zero-order chi connectivity index (χ0) is 22.2. The molecule has 0 N–H and O–H groups in total. The Morgan fingerprint density at radius 3 is 2.33 bits per heavy atom. The number of Topliss-reactive ketones (excluding diaryl/α,β-unsaturated/α-hetero) is 1. The molecule has 1 aromatic carbocycles. The van der Waals surface area contributed by atoms with Crippen molar-refractivity contribution in [1.82, 2.24) is 8.87 Å². The minimum atomic E-state index is -3.96. The van der Waals surface area contributed by atoms with E-state index in [-0.39, 0.29) is 29.8 Å². The van der Waals surface area contributed by atoms with E-state index in [1.54, 1.807) is 32.4 Å². The molecular weight excluding hydrogens is 411 g/mol. The topological polar surface area (TPSA) is 85.7 Å². The molecule has 1 saturated carbocycles. The van der Waals surface area contributed by atoms with Gasteiger partial charge in [0.15, 0.2) is 5.78 Å². The van der Waals surface area contributed by atoms with Gasteiger partial charge in [-0.3, -0.25) is 4.79 Å². The molecule has 0 spiro atoms. The normalized spacial score (nSPS) is 14.2. The van der Waals surface area contributed by atoms with Crippen molar-refractivity contribution in [2.45, 2.75) is 44.6 Å². The number of ketones is 1. The third-order valence-electron chi connectivity index (χ3n) is 5.35. The van der Waals surface area contributed by atoms with E-state index < -0.39 is 27.6 Å². The summed E-state index contributed by atoms with van der Waals surface area (Å²) in [5, 5.41) is 0. The van der Waals surface area contributed by atoms with E-state index in [4.69, 9.17) is 4.74 Å². The van der Waals surface area contributed by atoms with Crippen LogP contribution < -0.4 is 0 Å². The lowest BCUT2D eigenvalue weighted by Gasteiger charge is -2.21. The molecule has 9 heteroatoms. The Balaban J connectivity index is 1.95. The highest BCUT2D eigenvalue weighted by molar-refractivity contribution is 7.89. The Morgan fingerprint density at radius 2 is 1.80 bits per heavy atom. The van der Waals surface area contributed by atoms with E-state index in [1.807, 2.05) is 0 Å². The first kappa shape index (κ1) is 22.2. The van der Waals surface area contributed by atoms with Crippen LogP contribution in [0.25, 0.3) is 0 Å². The molecule has 162 valence electrons. The van der Waals surface area contributed by atoms with Gasteiger partial charge in [0.25, 0.3) is 0 Å². The van der Waals surface area contributed by atoms with Gasteiger partial charge in [0.1, 0.15) is 11.5 Å². The summed E-state index contributed by atoms with van der Waals surface area (Å²) in [5.41, 5.74) is 1.63. The third kappa shape index (κ3) is 4.04. The maximum Gasteiger partial charge on any atom is 0.355 e. The van der Waals surface area contributed by atoms with Gasteiger partial charge in [0.05, 0.1) is 18.0 Å².